The highest BCUT2D eigenvalue weighted by Gasteiger charge is 2.13. The van der Waals surface area contributed by atoms with E-state index >= 15 is 0 Å². The fourth-order valence-electron chi connectivity index (χ4n) is 2.65. The van der Waals surface area contributed by atoms with Crippen molar-refractivity contribution in [2.24, 2.45) is 0 Å². The molecule has 0 aliphatic rings. The van der Waals surface area contributed by atoms with Crippen molar-refractivity contribution in [3.05, 3.63) is 35.4 Å². The minimum atomic E-state index is 0.807. The predicted octanol–water partition coefficient (Wildman–Crippen LogP) is 5.85. The van der Waals surface area contributed by atoms with Crippen LogP contribution in [-0.2, 0) is 12.2 Å². The Balaban J connectivity index is 2.13. The first kappa shape index (κ1) is 22.0. The summed E-state index contributed by atoms with van der Waals surface area (Å²) in [5.74, 6) is 1.71. The summed E-state index contributed by atoms with van der Waals surface area (Å²) in [5.41, 5.74) is 2.68. The summed E-state index contributed by atoms with van der Waals surface area (Å²) in [7, 11) is 0. The zero-order chi connectivity index (χ0) is 19.5. The zero-order valence-corrected chi connectivity index (χ0v) is 18.7. The van der Waals surface area contributed by atoms with Gasteiger partial charge in [0.25, 0.3) is 0 Å². The highest BCUT2D eigenvalue weighted by Crippen LogP contribution is 2.24. The van der Waals surface area contributed by atoms with E-state index in [0.717, 1.165) is 54.4 Å². The highest BCUT2D eigenvalue weighted by molar-refractivity contribution is 7.99. The Labute approximate surface area is 173 Å². The van der Waals surface area contributed by atoms with E-state index in [4.69, 9.17) is 4.98 Å². The first-order valence-electron chi connectivity index (χ1n) is 9.95. The molecule has 1 heterocycles. The summed E-state index contributed by atoms with van der Waals surface area (Å²) < 4.78 is 0. The number of benzene rings is 1. The number of aromatic nitrogens is 3. The van der Waals surface area contributed by atoms with Crippen molar-refractivity contribution in [3.8, 4) is 0 Å². The number of thioether (sulfide) groups is 2. The molecule has 2 rings (SSSR count). The van der Waals surface area contributed by atoms with Gasteiger partial charge >= 0.3 is 0 Å². The smallest absolute Gasteiger partial charge is 0.230 e. The van der Waals surface area contributed by atoms with Crippen LogP contribution in [0, 0.1) is 0 Å². The number of hydrogen-bond donors (Lipinski definition) is 0. The molecule has 0 radical (unpaired) electrons. The van der Waals surface area contributed by atoms with Crippen LogP contribution in [0.4, 0.5) is 5.95 Å². The standard InChI is InChI=1S/C21H32N4S2/c1-5-8-14-25(15-9-6-2)19-22-20(26-4)24-21(23-19)27-16-18-12-10-17(7-3)11-13-18/h10-13H,5-9,14-16H2,1-4H3. The monoisotopic (exact) mass is 404 g/mol. The van der Waals surface area contributed by atoms with Gasteiger partial charge in [-0.25, -0.2) is 0 Å². The number of aryl methyl sites for hydroxylation is 1. The van der Waals surface area contributed by atoms with Gasteiger partial charge in [0.2, 0.25) is 5.95 Å². The average molecular weight is 405 g/mol. The summed E-state index contributed by atoms with van der Waals surface area (Å²) in [6.07, 6.45) is 7.79. The first-order valence-corrected chi connectivity index (χ1v) is 12.2. The average Bonchev–Trinajstić information content (AvgIpc) is 2.72. The molecule has 0 atom stereocenters. The lowest BCUT2D eigenvalue weighted by molar-refractivity contribution is 0.644. The molecular formula is C21H32N4S2. The molecule has 0 aliphatic heterocycles. The van der Waals surface area contributed by atoms with E-state index in [1.165, 1.54) is 24.0 Å². The van der Waals surface area contributed by atoms with Crippen molar-refractivity contribution in [2.45, 2.75) is 68.9 Å². The SMILES string of the molecule is CCCCN(CCCC)c1nc(SC)nc(SCc2ccc(CC)cc2)n1. The molecule has 1 aromatic heterocycles. The molecule has 27 heavy (non-hydrogen) atoms. The van der Waals surface area contributed by atoms with Crippen LogP contribution in [0.25, 0.3) is 0 Å². The molecular weight excluding hydrogens is 372 g/mol. The normalized spacial score (nSPS) is 11.0. The molecule has 0 bridgehead atoms. The molecule has 0 fully saturated rings. The van der Waals surface area contributed by atoms with Gasteiger partial charge in [0, 0.05) is 18.8 Å². The van der Waals surface area contributed by atoms with E-state index in [2.05, 4.69) is 59.9 Å². The second-order valence-electron chi connectivity index (χ2n) is 6.56. The van der Waals surface area contributed by atoms with E-state index in [1.807, 2.05) is 6.26 Å². The second-order valence-corrected chi connectivity index (χ2v) is 8.27. The molecule has 0 amide bonds. The Morgan fingerprint density at radius 2 is 1.41 bits per heavy atom. The van der Waals surface area contributed by atoms with Crippen molar-refractivity contribution in [1.29, 1.82) is 0 Å². The molecule has 148 valence electrons. The van der Waals surface area contributed by atoms with Crippen molar-refractivity contribution < 1.29 is 0 Å². The summed E-state index contributed by atoms with van der Waals surface area (Å²) in [4.78, 5) is 16.4. The molecule has 2 aromatic rings. The Bertz CT molecular complexity index is 668. The van der Waals surface area contributed by atoms with Gasteiger partial charge in [-0.05, 0) is 36.6 Å². The third-order valence-electron chi connectivity index (χ3n) is 4.41. The summed E-state index contributed by atoms with van der Waals surface area (Å²) >= 11 is 3.28. The lowest BCUT2D eigenvalue weighted by Crippen LogP contribution is -2.28. The number of rotatable bonds is 12. The molecule has 0 spiro atoms. The minimum Gasteiger partial charge on any atom is -0.341 e. The van der Waals surface area contributed by atoms with Crippen LogP contribution in [0.3, 0.4) is 0 Å². The van der Waals surface area contributed by atoms with Gasteiger partial charge in [-0.2, -0.15) is 15.0 Å². The van der Waals surface area contributed by atoms with Crippen LogP contribution in [0.5, 0.6) is 0 Å². The summed E-state index contributed by atoms with van der Waals surface area (Å²) in [6, 6.07) is 8.83. The van der Waals surface area contributed by atoms with Crippen LogP contribution in [-0.4, -0.2) is 34.3 Å². The minimum absolute atomic E-state index is 0.807. The molecule has 0 saturated carbocycles. The Morgan fingerprint density at radius 1 is 0.815 bits per heavy atom. The second kappa shape index (κ2) is 12.2. The van der Waals surface area contributed by atoms with Crippen LogP contribution >= 0.6 is 23.5 Å². The number of unbranched alkanes of at least 4 members (excludes halogenated alkanes) is 2. The van der Waals surface area contributed by atoms with Crippen LogP contribution in [0.2, 0.25) is 0 Å². The van der Waals surface area contributed by atoms with Crippen LogP contribution < -0.4 is 4.90 Å². The van der Waals surface area contributed by atoms with Crippen molar-refractivity contribution in [1.82, 2.24) is 15.0 Å². The maximum Gasteiger partial charge on any atom is 0.230 e. The van der Waals surface area contributed by atoms with Gasteiger partial charge in [0.15, 0.2) is 10.3 Å². The number of anilines is 1. The molecule has 6 heteroatoms. The van der Waals surface area contributed by atoms with Gasteiger partial charge in [-0.3, -0.25) is 0 Å². The predicted molar refractivity (Wildman–Crippen MR) is 119 cm³/mol. The fraction of sp³-hybridized carbons (Fsp3) is 0.571. The topological polar surface area (TPSA) is 41.9 Å². The van der Waals surface area contributed by atoms with Crippen molar-refractivity contribution in [3.63, 3.8) is 0 Å². The van der Waals surface area contributed by atoms with E-state index in [0.29, 0.717) is 0 Å². The third kappa shape index (κ3) is 7.34. The maximum absolute atomic E-state index is 4.79. The zero-order valence-electron chi connectivity index (χ0n) is 17.1. The van der Waals surface area contributed by atoms with Crippen LogP contribution in [0.1, 0.15) is 57.6 Å². The largest absolute Gasteiger partial charge is 0.341 e. The van der Waals surface area contributed by atoms with E-state index in [9.17, 15) is 0 Å². The molecule has 0 unspecified atom stereocenters. The number of hydrogen-bond acceptors (Lipinski definition) is 6. The lowest BCUT2D eigenvalue weighted by Gasteiger charge is -2.22. The van der Waals surface area contributed by atoms with E-state index < -0.39 is 0 Å². The molecule has 1 aromatic carbocycles. The van der Waals surface area contributed by atoms with Gasteiger partial charge in [-0.1, -0.05) is 81.4 Å². The van der Waals surface area contributed by atoms with Gasteiger partial charge in [0.1, 0.15) is 0 Å². The van der Waals surface area contributed by atoms with Crippen molar-refractivity contribution >= 4 is 29.5 Å². The van der Waals surface area contributed by atoms with Crippen molar-refractivity contribution in [2.75, 3.05) is 24.2 Å². The lowest BCUT2D eigenvalue weighted by atomic mass is 10.1. The quantitative estimate of drug-likeness (QED) is 0.413. The fourth-order valence-corrected chi connectivity index (χ4v) is 3.85. The Morgan fingerprint density at radius 3 is 1.96 bits per heavy atom. The molecule has 0 aliphatic carbocycles. The molecule has 0 saturated heterocycles. The molecule has 0 N–H and O–H groups in total. The summed E-state index contributed by atoms with van der Waals surface area (Å²) in [6.45, 7) is 8.66. The number of nitrogens with zero attached hydrogens (tertiary/aromatic N) is 4. The van der Waals surface area contributed by atoms with Gasteiger partial charge in [0.05, 0.1) is 0 Å². The molecule has 4 nitrogen and oxygen atoms in total. The first-order chi connectivity index (χ1) is 13.2. The van der Waals surface area contributed by atoms with Crippen LogP contribution in [0.15, 0.2) is 34.6 Å². The third-order valence-corrected chi connectivity index (χ3v) is 5.88. The summed E-state index contributed by atoms with van der Waals surface area (Å²) in [5, 5.41) is 1.63. The van der Waals surface area contributed by atoms with Gasteiger partial charge < -0.3 is 4.90 Å². The Hall–Kier alpha value is -1.27. The van der Waals surface area contributed by atoms with Gasteiger partial charge in [-0.15, -0.1) is 0 Å². The van der Waals surface area contributed by atoms with E-state index in [1.54, 1.807) is 23.5 Å². The van der Waals surface area contributed by atoms with E-state index in [-0.39, 0.29) is 0 Å². The Kier molecular flexibility index (Phi) is 9.98. The highest BCUT2D eigenvalue weighted by atomic mass is 32.2. The maximum atomic E-state index is 4.79.